The first kappa shape index (κ1) is 16.3. The van der Waals surface area contributed by atoms with Gasteiger partial charge in [-0.05, 0) is 19.1 Å². The summed E-state index contributed by atoms with van der Waals surface area (Å²) in [7, 11) is 0. The van der Waals surface area contributed by atoms with E-state index in [1.807, 2.05) is 37.3 Å². The first-order chi connectivity index (χ1) is 10.7. The Bertz CT molecular complexity index is 516. The van der Waals surface area contributed by atoms with Crippen LogP contribution < -0.4 is 5.32 Å². The van der Waals surface area contributed by atoms with E-state index in [1.54, 1.807) is 0 Å². The highest BCUT2D eigenvalue weighted by molar-refractivity contribution is 5.69. The summed E-state index contributed by atoms with van der Waals surface area (Å²) >= 11 is 0. The van der Waals surface area contributed by atoms with Gasteiger partial charge in [0.2, 0.25) is 0 Å². The lowest BCUT2D eigenvalue weighted by Crippen LogP contribution is -2.47. The molecule has 0 unspecified atom stereocenters. The number of rotatable bonds is 6. The van der Waals surface area contributed by atoms with E-state index in [-0.39, 0.29) is 5.97 Å². The van der Waals surface area contributed by atoms with Crippen LogP contribution in [-0.2, 0) is 9.53 Å². The maximum absolute atomic E-state index is 11.4. The van der Waals surface area contributed by atoms with Gasteiger partial charge in [0, 0.05) is 25.3 Å². The van der Waals surface area contributed by atoms with Gasteiger partial charge in [-0.25, -0.2) is 6.57 Å². The molecule has 0 bridgehead atoms. The van der Waals surface area contributed by atoms with Crippen LogP contribution in [-0.4, -0.2) is 42.8 Å². The smallest absolute Gasteiger partial charge is 0.307 e. The van der Waals surface area contributed by atoms with Gasteiger partial charge in [-0.15, -0.1) is 0 Å². The van der Waals surface area contributed by atoms with Crippen LogP contribution in [0.1, 0.15) is 26.2 Å². The predicted molar refractivity (Wildman–Crippen MR) is 86.3 cm³/mol. The molecule has 5 nitrogen and oxygen atoms in total. The summed E-state index contributed by atoms with van der Waals surface area (Å²) in [5.74, 6) is -0.146. The Morgan fingerprint density at radius 1 is 1.36 bits per heavy atom. The molecule has 0 spiro atoms. The number of benzene rings is 1. The molecule has 0 aromatic heterocycles. The Hall–Kier alpha value is -2.06. The third-order valence-electron chi connectivity index (χ3n) is 3.99. The van der Waals surface area contributed by atoms with Gasteiger partial charge in [0.05, 0.1) is 25.9 Å². The fourth-order valence-electron chi connectivity index (χ4n) is 2.68. The Labute approximate surface area is 132 Å². The molecule has 1 aromatic carbocycles. The molecule has 5 heteroatoms. The van der Waals surface area contributed by atoms with E-state index in [9.17, 15) is 4.79 Å². The minimum Gasteiger partial charge on any atom is -0.466 e. The summed E-state index contributed by atoms with van der Waals surface area (Å²) in [5, 5.41) is 3.38. The summed E-state index contributed by atoms with van der Waals surface area (Å²) in [6.45, 7) is 12.2. The summed E-state index contributed by atoms with van der Waals surface area (Å²) in [6.07, 6.45) is 1.94. The van der Waals surface area contributed by atoms with Crippen molar-refractivity contribution in [2.24, 2.45) is 0 Å². The van der Waals surface area contributed by atoms with Crippen LogP contribution in [0.3, 0.4) is 0 Å². The van der Waals surface area contributed by atoms with Gasteiger partial charge in [0.25, 0.3) is 0 Å². The number of piperidine rings is 1. The third-order valence-corrected chi connectivity index (χ3v) is 3.99. The van der Waals surface area contributed by atoms with E-state index >= 15 is 0 Å². The highest BCUT2D eigenvalue weighted by Crippen LogP contribution is 2.28. The number of para-hydroxylation sites is 1. The van der Waals surface area contributed by atoms with E-state index in [1.165, 1.54) is 0 Å². The molecule has 2 rings (SSSR count). The molecule has 1 fully saturated rings. The maximum Gasteiger partial charge on any atom is 0.307 e. The van der Waals surface area contributed by atoms with Crippen LogP contribution in [0.25, 0.3) is 4.85 Å². The van der Waals surface area contributed by atoms with Gasteiger partial charge in [0.1, 0.15) is 0 Å². The van der Waals surface area contributed by atoms with Crippen molar-refractivity contribution >= 4 is 11.7 Å². The molecule has 0 atom stereocenters. The Morgan fingerprint density at radius 2 is 2.05 bits per heavy atom. The monoisotopic (exact) mass is 301 g/mol. The number of carbonyl (C=O) groups is 1. The van der Waals surface area contributed by atoms with Crippen molar-refractivity contribution < 1.29 is 9.53 Å². The van der Waals surface area contributed by atoms with Gasteiger partial charge in [0.15, 0.2) is 0 Å². The quantitative estimate of drug-likeness (QED) is 0.648. The van der Waals surface area contributed by atoms with Crippen LogP contribution in [0.5, 0.6) is 0 Å². The van der Waals surface area contributed by atoms with Crippen molar-refractivity contribution in [3.8, 4) is 0 Å². The zero-order chi connectivity index (χ0) is 15.8. The number of carbonyl (C=O) groups excluding carboxylic acids is 1. The topological polar surface area (TPSA) is 45.9 Å². The SMILES string of the molecule is [C-]#[N+]C1(Nc2ccccc2)CCN(CCC(=O)OCC)CC1. The second kappa shape index (κ2) is 7.81. The molecule has 0 amide bonds. The predicted octanol–water partition coefficient (Wildman–Crippen LogP) is 2.76. The Kier molecular flexibility index (Phi) is 5.79. The van der Waals surface area contributed by atoms with Crippen molar-refractivity contribution in [3.05, 3.63) is 41.7 Å². The highest BCUT2D eigenvalue weighted by Gasteiger charge is 2.40. The van der Waals surface area contributed by atoms with Gasteiger partial charge in [-0.1, -0.05) is 18.2 Å². The Morgan fingerprint density at radius 3 is 2.64 bits per heavy atom. The number of nitrogens with one attached hydrogen (secondary N) is 1. The van der Waals surface area contributed by atoms with Crippen LogP contribution in [0.15, 0.2) is 30.3 Å². The fraction of sp³-hybridized carbons (Fsp3) is 0.529. The molecular formula is C17H23N3O2. The number of ether oxygens (including phenoxy) is 1. The average molecular weight is 301 g/mol. The largest absolute Gasteiger partial charge is 0.466 e. The molecule has 1 N–H and O–H groups in total. The molecule has 1 saturated heterocycles. The van der Waals surface area contributed by atoms with Gasteiger partial charge < -0.3 is 15.0 Å². The summed E-state index contributed by atoms with van der Waals surface area (Å²) in [5.41, 5.74) is 0.459. The zero-order valence-corrected chi connectivity index (χ0v) is 13.0. The molecular weight excluding hydrogens is 278 g/mol. The molecule has 1 aliphatic heterocycles. The van der Waals surface area contributed by atoms with Crippen molar-refractivity contribution in [3.63, 3.8) is 0 Å². The van der Waals surface area contributed by atoms with Gasteiger partial charge >= 0.3 is 11.6 Å². The van der Waals surface area contributed by atoms with Crippen LogP contribution >= 0.6 is 0 Å². The normalized spacial score (nSPS) is 17.5. The lowest BCUT2D eigenvalue weighted by Gasteiger charge is -2.34. The molecule has 1 aliphatic rings. The standard InChI is InChI=1S/C17H23N3O2/c1-3-22-16(21)9-12-20-13-10-17(18-2,11-14-20)19-15-7-5-4-6-8-15/h4-8,19H,3,9-14H2,1H3. The van der Waals surface area contributed by atoms with E-state index in [0.29, 0.717) is 19.6 Å². The molecule has 0 radical (unpaired) electrons. The highest BCUT2D eigenvalue weighted by atomic mass is 16.5. The summed E-state index contributed by atoms with van der Waals surface area (Å²) < 4.78 is 4.95. The molecule has 1 heterocycles. The average Bonchev–Trinajstić information content (AvgIpc) is 2.55. The molecule has 0 aliphatic carbocycles. The van der Waals surface area contributed by atoms with Crippen LogP contribution in [0.4, 0.5) is 5.69 Å². The first-order valence-corrected chi connectivity index (χ1v) is 7.77. The van der Waals surface area contributed by atoms with Crippen molar-refractivity contribution in [2.45, 2.75) is 31.8 Å². The first-order valence-electron chi connectivity index (χ1n) is 7.77. The number of hydrogen-bond acceptors (Lipinski definition) is 4. The van der Waals surface area contributed by atoms with Crippen molar-refractivity contribution in [1.29, 1.82) is 0 Å². The Balaban J connectivity index is 1.84. The van der Waals surface area contributed by atoms with Crippen LogP contribution in [0.2, 0.25) is 0 Å². The number of hydrogen-bond donors (Lipinski definition) is 1. The third kappa shape index (κ3) is 4.47. The van der Waals surface area contributed by atoms with E-state index in [4.69, 9.17) is 11.3 Å². The van der Waals surface area contributed by atoms with Gasteiger partial charge in [-0.3, -0.25) is 9.64 Å². The molecule has 0 saturated carbocycles. The maximum atomic E-state index is 11.4. The number of likely N-dealkylation sites (tertiary alicyclic amines) is 1. The minimum atomic E-state index is -0.526. The second-order valence-electron chi connectivity index (χ2n) is 5.53. The summed E-state index contributed by atoms with van der Waals surface area (Å²) in [6, 6.07) is 9.87. The summed E-state index contributed by atoms with van der Waals surface area (Å²) in [4.78, 5) is 17.5. The molecule has 22 heavy (non-hydrogen) atoms. The number of anilines is 1. The van der Waals surface area contributed by atoms with E-state index in [2.05, 4.69) is 15.1 Å². The minimum absolute atomic E-state index is 0.146. The zero-order valence-electron chi connectivity index (χ0n) is 13.0. The molecule has 1 aromatic rings. The van der Waals surface area contributed by atoms with E-state index < -0.39 is 5.66 Å². The number of esters is 1. The van der Waals surface area contributed by atoms with Crippen LogP contribution in [0, 0.1) is 6.57 Å². The lowest BCUT2D eigenvalue weighted by atomic mass is 9.97. The van der Waals surface area contributed by atoms with E-state index in [0.717, 1.165) is 31.6 Å². The van der Waals surface area contributed by atoms with Gasteiger partial charge in [-0.2, -0.15) is 0 Å². The number of nitrogens with zero attached hydrogens (tertiary/aromatic N) is 2. The van der Waals surface area contributed by atoms with Crippen molar-refractivity contribution in [1.82, 2.24) is 4.90 Å². The van der Waals surface area contributed by atoms with Crippen molar-refractivity contribution in [2.75, 3.05) is 31.6 Å². The molecule has 118 valence electrons. The lowest BCUT2D eigenvalue weighted by molar-refractivity contribution is -0.143. The second-order valence-corrected chi connectivity index (χ2v) is 5.53. The fourth-order valence-corrected chi connectivity index (χ4v) is 2.68.